The molecule has 1 rings (SSSR count). The summed E-state index contributed by atoms with van der Waals surface area (Å²) in [6.45, 7) is 4.20. The van der Waals surface area contributed by atoms with Gasteiger partial charge in [0.05, 0.1) is 17.5 Å². The Labute approximate surface area is 108 Å². The molecule has 0 saturated heterocycles. The van der Waals surface area contributed by atoms with Crippen LogP contribution in [0.2, 0.25) is 0 Å². The first-order chi connectivity index (χ1) is 8.28. The molecular formula is C12H20N2O3S. The van der Waals surface area contributed by atoms with Gasteiger partial charge in [0.2, 0.25) is 0 Å². The summed E-state index contributed by atoms with van der Waals surface area (Å²) >= 11 is 0. The predicted molar refractivity (Wildman–Crippen MR) is 74.8 cm³/mol. The van der Waals surface area contributed by atoms with Gasteiger partial charge in [-0.3, -0.25) is 0 Å². The fraction of sp³-hybridized carbons (Fsp3) is 0.500. The maximum absolute atomic E-state index is 11.0. The van der Waals surface area contributed by atoms with Crippen LogP contribution < -0.4 is 15.8 Å². The minimum Gasteiger partial charge on any atom is -0.489 e. The van der Waals surface area contributed by atoms with E-state index in [9.17, 15) is 8.42 Å². The number of nitrogens with one attached hydrogen (secondary N) is 1. The Morgan fingerprint density at radius 3 is 2.61 bits per heavy atom. The third-order valence-electron chi connectivity index (χ3n) is 2.18. The van der Waals surface area contributed by atoms with E-state index in [1.54, 1.807) is 18.2 Å². The minimum atomic E-state index is -2.95. The summed E-state index contributed by atoms with van der Waals surface area (Å²) in [5.41, 5.74) is 7.15. The van der Waals surface area contributed by atoms with Crippen molar-refractivity contribution in [3.05, 3.63) is 18.2 Å². The van der Waals surface area contributed by atoms with Crippen LogP contribution in [0.4, 0.5) is 11.4 Å². The highest BCUT2D eigenvalue weighted by Gasteiger charge is 2.05. The molecule has 0 atom stereocenters. The zero-order valence-corrected chi connectivity index (χ0v) is 11.8. The Morgan fingerprint density at radius 2 is 2.06 bits per heavy atom. The van der Waals surface area contributed by atoms with Gasteiger partial charge in [-0.25, -0.2) is 8.42 Å². The molecule has 0 radical (unpaired) electrons. The Balaban J connectivity index is 2.67. The molecule has 6 heteroatoms. The second kappa shape index (κ2) is 5.95. The normalized spacial score (nSPS) is 11.6. The van der Waals surface area contributed by atoms with Gasteiger partial charge in [-0.2, -0.15) is 0 Å². The number of ether oxygens (including phenoxy) is 1. The van der Waals surface area contributed by atoms with E-state index in [1.165, 1.54) is 6.26 Å². The van der Waals surface area contributed by atoms with Crippen LogP contribution in [0, 0.1) is 0 Å². The molecule has 0 saturated carbocycles. The second-order valence-corrected chi connectivity index (χ2v) is 6.74. The molecule has 102 valence electrons. The van der Waals surface area contributed by atoms with Crippen molar-refractivity contribution in [2.45, 2.75) is 20.0 Å². The van der Waals surface area contributed by atoms with Gasteiger partial charge in [0, 0.05) is 24.6 Å². The Bertz CT molecular complexity index is 498. The molecule has 3 N–H and O–H groups in total. The number of nitrogen functional groups attached to an aromatic ring is 1. The Kier molecular flexibility index (Phi) is 4.84. The maximum Gasteiger partial charge on any atom is 0.149 e. The summed E-state index contributed by atoms with van der Waals surface area (Å²) < 4.78 is 27.6. The summed E-state index contributed by atoms with van der Waals surface area (Å²) in [4.78, 5) is 0. The summed E-state index contributed by atoms with van der Waals surface area (Å²) in [5, 5.41) is 3.03. The van der Waals surface area contributed by atoms with E-state index < -0.39 is 9.84 Å². The molecule has 0 heterocycles. The Morgan fingerprint density at radius 1 is 1.39 bits per heavy atom. The van der Waals surface area contributed by atoms with Crippen LogP contribution in [0.5, 0.6) is 5.75 Å². The lowest BCUT2D eigenvalue weighted by molar-refractivity contribution is 0.244. The van der Waals surface area contributed by atoms with Gasteiger partial charge < -0.3 is 15.8 Å². The number of rotatable bonds is 6. The van der Waals surface area contributed by atoms with Gasteiger partial charge in [-0.15, -0.1) is 0 Å². The highest BCUT2D eigenvalue weighted by Crippen LogP contribution is 2.26. The molecule has 0 aliphatic rings. The molecular weight excluding hydrogens is 252 g/mol. The SMILES string of the molecule is CC(C)Oc1cc(NCCS(C)(=O)=O)ccc1N. The van der Waals surface area contributed by atoms with Crippen molar-refractivity contribution in [3.8, 4) is 5.75 Å². The molecule has 0 unspecified atom stereocenters. The van der Waals surface area contributed by atoms with E-state index in [0.717, 1.165) is 5.69 Å². The van der Waals surface area contributed by atoms with Crippen molar-refractivity contribution >= 4 is 21.2 Å². The van der Waals surface area contributed by atoms with E-state index in [2.05, 4.69) is 5.32 Å². The number of hydrogen-bond donors (Lipinski definition) is 2. The van der Waals surface area contributed by atoms with Crippen molar-refractivity contribution in [2.24, 2.45) is 0 Å². The van der Waals surface area contributed by atoms with Gasteiger partial charge in [0.1, 0.15) is 15.6 Å². The van der Waals surface area contributed by atoms with Gasteiger partial charge >= 0.3 is 0 Å². The monoisotopic (exact) mass is 272 g/mol. The lowest BCUT2D eigenvalue weighted by atomic mass is 10.2. The maximum atomic E-state index is 11.0. The van der Waals surface area contributed by atoms with E-state index in [4.69, 9.17) is 10.5 Å². The van der Waals surface area contributed by atoms with Gasteiger partial charge in [0.25, 0.3) is 0 Å². The zero-order valence-electron chi connectivity index (χ0n) is 10.9. The predicted octanol–water partition coefficient (Wildman–Crippen LogP) is 1.51. The van der Waals surface area contributed by atoms with Gasteiger partial charge in [0.15, 0.2) is 0 Å². The molecule has 0 spiro atoms. The molecule has 1 aromatic rings. The quantitative estimate of drug-likeness (QED) is 0.767. The van der Waals surface area contributed by atoms with Crippen LogP contribution >= 0.6 is 0 Å². The van der Waals surface area contributed by atoms with E-state index in [0.29, 0.717) is 18.0 Å². The van der Waals surface area contributed by atoms with E-state index in [1.807, 2.05) is 13.8 Å². The first-order valence-corrected chi connectivity index (χ1v) is 7.82. The van der Waals surface area contributed by atoms with E-state index in [-0.39, 0.29) is 11.9 Å². The summed E-state index contributed by atoms with van der Waals surface area (Å²) in [6.07, 6.45) is 1.25. The molecule has 0 amide bonds. The third-order valence-corrected chi connectivity index (χ3v) is 3.12. The summed E-state index contributed by atoms with van der Waals surface area (Å²) in [5.74, 6) is 0.701. The molecule has 0 aliphatic carbocycles. The van der Waals surface area contributed by atoms with Crippen molar-refractivity contribution < 1.29 is 13.2 Å². The molecule has 5 nitrogen and oxygen atoms in total. The molecule has 0 aromatic heterocycles. The van der Waals surface area contributed by atoms with Crippen LogP contribution in [-0.2, 0) is 9.84 Å². The van der Waals surface area contributed by atoms with Gasteiger partial charge in [-0.05, 0) is 26.0 Å². The second-order valence-electron chi connectivity index (χ2n) is 4.48. The number of benzene rings is 1. The zero-order chi connectivity index (χ0) is 13.8. The third kappa shape index (κ3) is 5.27. The molecule has 1 aromatic carbocycles. The van der Waals surface area contributed by atoms with Crippen molar-refractivity contribution in [1.82, 2.24) is 0 Å². The van der Waals surface area contributed by atoms with Crippen molar-refractivity contribution in [1.29, 1.82) is 0 Å². The largest absolute Gasteiger partial charge is 0.489 e. The van der Waals surface area contributed by atoms with Crippen LogP contribution in [0.3, 0.4) is 0 Å². The smallest absolute Gasteiger partial charge is 0.149 e. The molecule has 0 aliphatic heterocycles. The lowest BCUT2D eigenvalue weighted by Gasteiger charge is -2.14. The first-order valence-electron chi connectivity index (χ1n) is 5.76. The van der Waals surface area contributed by atoms with E-state index >= 15 is 0 Å². The number of sulfone groups is 1. The average molecular weight is 272 g/mol. The number of nitrogens with two attached hydrogens (primary N) is 1. The van der Waals surface area contributed by atoms with Crippen molar-refractivity contribution in [3.63, 3.8) is 0 Å². The minimum absolute atomic E-state index is 0.0403. The molecule has 0 bridgehead atoms. The van der Waals surface area contributed by atoms with Crippen LogP contribution in [-0.4, -0.2) is 33.1 Å². The van der Waals surface area contributed by atoms with Crippen LogP contribution in [0.1, 0.15) is 13.8 Å². The highest BCUT2D eigenvalue weighted by molar-refractivity contribution is 7.90. The standard InChI is InChI=1S/C12H20N2O3S/c1-9(2)17-12-8-10(4-5-11(12)13)14-6-7-18(3,15)16/h4-5,8-9,14H,6-7,13H2,1-3H3. The fourth-order valence-corrected chi connectivity index (χ4v) is 1.85. The van der Waals surface area contributed by atoms with Crippen LogP contribution in [0.15, 0.2) is 18.2 Å². The summed E-state index contributed by atoms with van der Waals surface area (Å²) in [7, 11) is -2.95. The van der Waals surface area contributed by atoms with Crippen molar-refractivity contribution in [2.75, 3.05) is 29.6 Å². The number of hydrogen-bond acceptors (Lipinski definition) is 5. The highest BCUT2D eigenvalue weighted by atomic mass is 32.2. The fourth-order valence-electron chi connectivity index (χ4n) is 1.38. The van der Waals surface area contributed by atoms with Gasteiger partial charge in [-0.1, -0.05) is 0 Å². The topological polar surface area (TPSA) is 81.4 Å². The number of anilines is 2. The average Bonchev–Trinajstić information content (AvgIpc) is 2.20. The Hall–Kier alpha value is -1.43. The first kappa shape index (κ1) is 14.6. The molecule has 0 fully saturated rings. The lowest BCUT2D eigenvalue weighted by Crippen LogP contribution is -2.14. The van der Waals surface area contributed by atoms with Crippen LogP contribution in [0.25, 0.3) is 0 Å². The molecule has 18 heavy (non-hydrogen) atoms. The summed E-state index contributed by atoms with van der Waals surface area (Å²) in [6, 6.07) is 5.31.